The van der Waals surface area contributed by atoms with Gasteiger partial charge in [-0.15, -0.1) is 0 Å². The molecule has 1 aromatic carbocycles. The van der Waals surface area contributed by atoms with Gasteiger partial charge in [0.05, 0.1) is 19.9 Å². The molecule has 0 heterocycles. The second-order valence-corrected chi connectivity index (χ2v) is 2.91. The van der Waals surface area contributed by atoms with E-state index < -0.39 is 0 Å². The van der Waals surface area contributed by atoms with E-state index in [-0.39, 0.29) is 0 Å². The highest BCUT2D eigenvalue weighted by atomic mass is 16.5. The molecule has 0 bridgehead atoms. The molecule has 72 valence electrons. The monoisotopic (exact) mass is 181 g/mol. The lowest BCUT2D eigenvalue weighted by molar-refractivity contribution is 0.355. The quantitative estimate of drug-likeness (QED) is 0.709. The maximum Gasteiger partial charge on any atom is 0.184 e. The summed E-state index contributed by atoms with van der Waals surface area (Å²) in [5.41, 5.74) is 1.02. The third-order valence-corrected chi connectivity index (χ3v) is 1.86. The average molecular weight is 181 g/mol. The normalized spacial score (nSPS) is 9.54. The predicted octanol–water partition coefficient (Wildman–Crippen LogP) is 1.77. The first-order valence-corrected chi connectivity index (χ1v) is 4.09. The van der Waals surface area contributed by atoms with E-state index in [1.165, 1.54) is 0 Å². The summed E-state index contributed by atoms with van der Waals surface area (Å²) >= 11 is 0. The first-order chi connectivity index (χ1) is 6.20. The van der Waals surface area contributed by atoms with E-state index in [0.717, 1.165) is 17.2 Å². The van der Waals surface area contributed by atoms with Crippen LogP contribution in [0.3, 0.4) is 0 Å². The van der Waals surface area contributed by atoms with Crippen LogP contribution in [0, 0.1) is 0 Å². The van der Waals surface area contributed by atoms with Crippen molar-refractivity contribution in [1.82, 2.24) is 0 Å². The van der Waals surface area contributed by atoms with Gasteiger partial charge in [-0.2, -0.15) is 0 Å². The molecular formula is C10H15NO2. The predicted molar refractivity (Wildman–Crippen MR) is 53.9 cm³/mol. The van der Waals surface area contributed by atoms with Crippen molar-refractivity contribution in [2.45, 2.75) is 0 Å². The van der Waals surface area contributed by atoms with Crippen LogP contribution in [0.4, 0.5) is 5.69 Å². The zero-order valence-electron chi connectivity index (χ0n) is 8.50. The number of nitrogens with zero attached hydrogens (tertiary/aromatic N) is 1. The lowest BCUT2D eigenvalue weighted by Crippen LogP contribution is -2.10. The van der Waals surface area contributed by atoms with Gasteiger partial charge in [-0.25, -0.2) is 0 Å². The number of para-hydroxylation sites is 1. The van der Waals surface area contributed by atoms with Crippen molar-refractivity contribution in [3.8, 4) is 11.5 Å². The van der Waals surface area contributed by atoms with Crippen molar-refractivity contribution in [3.05, 3.63) is 18.2 Å². The summed E-state index contributed by atoms with van der Waals surface area (Å²) < 4.78 is 10.4. The standard InChI is InChI=1S/C10H15NO2/c1-11(2)8-6-5-7-9(12-3)10(8)13-4/h5-7H,1-4H3. The summed E-state index contributed by atoms with van der Waals surface area (Å²) in [4.78, 5) is 1.99. The van der Waals surface area contributed by atoms with Crippen LogP contribution in [0.5, 0.6) is 11.5 Å². The van der Waals surface area contributed by atoms with Crippen molar-refractivity contribution in [3.63, 3.8) is 0 Å². The molecule has 1 aromatic rings. The zero-order chi connectivity index (χ0) is 9.84. The maximum absolute atomic E-state index is 5.26. The van der Waals surface area contributed by atoms with Crippen molar-refractivity contribution in [1.29, 1.82) is 0 Å². The number of rotatable bonds is 3. The molecule has 0 amide bonds. The van der Waals surface area contributed by atoms with Crippen LogP contribution >= 0.6 is 0 Å². The van der Waals surface area contributed by atoms with Crippen LogP contribution in [0.2, 0.25) is 0 Å². The third-order valence-electron chi connectivity index (χ3n) is 1.86. The fraction of sp³-hybridized carbons (Fsp3) is 0.400. The maximum atomic E-state index is 5.26. The fourth-order valence-corrected chi connectivity index (χ4v) is 1.22. The largest absolute Gasteiger partial charge is 0.493 e. The molecular weight excluding hydrogens is 166 g/mol. The number of anilines is 1. The molecule has 0 fully saturated rings. The minimum Gasteiger partial charge on any atom is -0.493 e. The van der Waals surface area contributed by atoms with Crippen LogP contribution in [-0.2, 0) is 0 Å². The summed E-state index contributed by atoms with van der Waals surface area (Å²) in [7, 11) is 7.22. The minimum atomic E-state index is 0.758. The Balaban J connectivity index is 3.19. The van der Waals surface area contributed by atoms with E-state index in [9.17, 15) is 0 Å². The van der Waals surface area contributed by atoms with Crippen LogP contribution < -0.4 is 14.4 Å². The van der Waals surface area contributed by atoms with Crippen molar-refractivity contribution in [2.75, 3.05) is 33.2 Å². The van der Waals surface area contributed by atoms with E-state index >= 15 is 0 Å². The van der Waals surface area contributed by atoms with Gasteiger partial charge in [-0.05, 0) is 12.1 Å². The molecule has 1 rings (SSSR count). The number of ether oxygens (including phenoxy) is 2. The topological polar surface area (TPSA) is 21.7 Å². The fourth-order valence-electron chi connectivity index (χ4n) is 1.22. The van der Waals surface area contributed by atoms with Gasteiger partial charge in [-0.1, -0.05) is 6.07 Å². The second-order valence-electron chi connectivity index (χ2n) is 2.91. The van der Waals surface area contributed by atoms with Crippen LogP contribution in [0.15, 0.2) is 18.2 Å². The van der Waals surface area contributed by atoms with Crippen molar-refractivity contribution < 1.29 is 9.47 Å². The molecule has 0 aromatic heterocycles. The second kappa shape index (κ2) is 4.03. The molecule has 0 aliphatic rings. The van der Waals surface area contributed by atoms with Gasteiger partial charge in [0.25, 0.3) is 0 Å². The molecule has 0 saturated heterocycles. The Morgan fingerprint density at radius 1 is 1.08 bits per heavy atom. The highest BCUT2D eigenvalue weighted by Gasteiger charge is 2.09. The number of hydrogen-bond acceptors (Lipinski definition) is 3. The molecule has 0 radical (unpaired) electrons. The summed E-state index contributed by atoms with van der Waals surface area (Å²) in [6, 6.07) is 5.81. The van der Waals surface area contributed by atoms with E-state index in [4.69, 9.17) is 9.47 Å². The Hall–Kier alpha value is -1.38. The van der Waals surface area contributed by atoms with Gasteiger partial charge in [0, 0.05) is 14.1 Å². The minimum absolute atomic E-state index is 0.758. The smallest absolute Gasteiger partial charge is 0.184 e. The van der Waals surface area contributed by atoms with Gasteiger partial charge in [0.2, 0.25) is 0 Å². The Labute approximate surface area is 78.9 Å². The highest BCUT2D eigenvalue weighted by Crippen LogP contribution is 2.35. The summed E-state index contributed by atoms with van der Waals surface area (Å²) in [6.45, 7) is 0. The van der Waals surface area contributed by atoms with Gasteiger partial charge in [0.1, 0.15) is 0 Å². The number of hydrogen-bond donors (Lipinski definition) is 0. The zero-order valence-corrected chi connectivity index (χ0v) is 8.50. The molecule has 0 aliphatic heterocycles. The lowest BCUT2D eigenvalue weighted by Gasteiger charge is -2.18. The summed E-state index contributed by atoms with van der Waals surface area (Å²) in [5.74, 6) is 1.53. The molecule has 0 N–H and O–H groups in total. The molecule has 0 saturated carbocycles. The summed E-state index contributed by atoms with van der Waals surface area (Å²) in [5, 5.41) is 0. The number of methoxy groups -OCH3 is 2. The van der Waals surface area contributed by atoms with Gasteiger partial charge in [0.15, 0.2) is 11.5 Å². The first kappa shape index (κ1) is 9.71. The third kappa shape index (κ3) is 1.86. The molecule has 0 unspecified atom stereocenters. The molecule has 0 spiro atoms. The lowest BCUT2D eigenvalue weighted by atomic mass is 10.2. The van der Waals surface area contributed by atoms with Crippen LogP contribution in [0.1, 0.15) is 0 Å². The molecule has 0 atom stereocenters. The Bertz CT molecular complexity index is 284. The number of benzene rings is 1. The van der Waals surface area contributed by atoms with Crippen LogP contribution in [-0.4, -0.2) is 28.3 Å². The summed E-state index contributed by atoms with van der Waals surface area (Å²) in [6.07, 6.45) is 0. The van der Waals surface area contributed by atoms with Crippen molar-refractivity contribution in [2.24, 2.45) is 0 Å². The first-order valence-electron chi connectivity index (χ1n) is 4.09. The SMILES string of the molecule is COc1cccc(N(C)C)c1OC. The van der Waals surface area contributed by atoms with Crippen molar-refractivity contribution >= 4 is 5.69 Å². The molecule has 0 aliphatic carbocycles. The Morgan fingerprint density at radius 3 is 2.23 bits per heavy atom. The Kier molecular flexibility index (Phi) is 3.01. The van der Waals surface area contributed by atoms with E-state index in [1.807, 2.05) is 37.2 Å². The van der Waals surface area contributed by atoms with E-state index in [1.54, 1.807) is 14.2 Å². The molecule has 13 heavy (non-hydrogen) atoms. The Morgan fingerprint density at radius 2 is 1.77 bits per heavy atom. The van der Waals surface area contributed by atoms with Crippen LogP contribution in [0.25, 0.3) is 0 Å². The van der Waals surface area contributed by atoms with E-state index in [2.05, 4.69) is 0 Å². The molecule has 3 heteroatoms. The molecule has 3 nitrogen and oxygen atoms in total. The highest BCUT2D eigenvalue weighted by molar-refractivity contribution is 5.63. The van der Waals surface area contributed by atoms with E-state index in [0.29, 0.717) is 0 Å². The average Bonchev–Trinajstić information content (AvgIpc) is 2.16. The van der Waals surface area contributed by atoms with Gasteiger partial charge in [-0.3, -0.25) is 0 Å². The van der Waals surface area contributed by atoms with Gasteiger partial charge >= 0.3 is 0 Å². The van der Waals surface area contributed by atoms with Gasteiger partial charge < -0.3 is 14.4 Å².